The Bertz CT molecular complexity index is 434. The van der Waals surface area contributed by atoms with Gasteiger partial charge < -0.3 is 15.4 Å². The Balaban J connectivity index is 1.96. The topological polar surface area (TPSA) is 50.4 Å². The van der Waals surface area contributed by atoms with E-state index >= 15 is 0 Å². The van der Waals surface area contributed by atoms with Crippen molar-refractivity contribution < 1.29 is 9.53 Å². The van der Waals surface area contributed by atoms with Gasteiger partial charge in [-0.1, -0.05) is 19.1 Å². The molecule has 19 heavy (non-hydrogen) atoms. The highest BCUT2D eigenvalue weighted by Gasteiger charge is 2.30. The van der Waals surface area contributed by atoms with Crippen molar-refractivity contribution in [2.45, 2.75) is 32.9 Å². The molecule has 0 aliphatic carbocycles. The van der Waals surface area contributed by atoms with Crippen molar-refractivity contribution in [3.8, 4) is 0 Å². The third-order valence-electron chi connectivity index (χ3n) is 3.49. The molecule has 1 aromatic carbocycles. The van der Waals surface area contributed by atoms with E-state index in [9.17, 15) is 4.79 Å². The lowest BCUT2D eigenvalue weighted by atomic mass is 10.0. The summed E-state index contributed by atoms with van der Waals surface area (Å²) in [5.41, 5.74) is 2.04. The molecule has 1 amide bonds. The Labute approximate surface area is 114 Å². The van der Waals surface area contributed by atoms with Gasteiger partial charge in [-0.2, -0.15) is 0 Å². The van der Waals surface area contributed by atoms with Crippen LogP contribution in [-0.4, -0.2) is 25.2 Å². The van der Waals surface area contributed by atoms with Crippen molar-refractivity contribution in [2.24, 2.45) is 5.92 Å². The van der Waals surface area contributed by atoms with Crippen LogP contribution in [0.15, 0.2) is 24.3 Å². The summed E-state index contributed by atoms with van der Waals surface area (Å²) >= 11 is 0. The second-order valence-corrected chi connectivity index (χ2v) is 4.94. The van der Waals surface area contributed by atoms with E-state index < -0.39 is 0 Å². The predicted molar refractivity (Wildman–Crippen MR) is 76.0 cm³/mol. The fourth-order valence-electron chi connectivity index (χ4n) is 2.34. The number of hydrogen-bond acceptors (Lipinski definition) is 3. The van der Waals surface area contributed by atoms with Gasteiger partial charge in [0.2, 0.25) is 5.91 Å². The van der Waals surface area contributed by atoms with Crippen molar-refractivity contribution in [3.05, 3.63) is 29.8 Å². The summed E-state index contributed by atoms with van der Waals surface area (Å²) < 4.78 is 5.43. The molecule has 2 atom stereocenters. The SMILES string of the molecule is CCNCc1cccc(NC(=O)C2CCOC2C)c1. The maximum absolute atomic E-state index is 12.1. The second-order valence-electron chi connectivity index (χ2n) is 4.94. The lowest BCUT2D eigenvalue weighted by Crippen LogP contribution is -2.27. The molecule has 1 fully saturated rings. The Morgan fingerprint density at radius 2 is 2.32 bits per heavy atom. The number of hydrogen-bond donors (Lipinski definition) is 2. The summed E-state index contributed by atoms with van der Waals surface area (Å²) in [5, 5.41) is 6.26. The Morgan fingerprint density at radius 3 is 3.00 bits per heavy atom. The minimum atomic E-state index is -0.0302. The van der Waals surface area contributed by atoms with Gasteiger partial charge in [0.15, 0.2) is 0 Å². The molecule has 0 spiro atoms. The molecule has 1 aliphatic heterocycles. The van der Waals surface area contributed by atoms with Crippen LogP contribution in [0.25, 0.3) is 0 Å². The van der Waals surface area contributed by atoms with Gasteiger partial charge in [-0.15, -0.1) is 0 Å². The molecule has 4 heteroatoms. The molecule has 1 heterocycles. The number of amides is 1. The first-order chi connectivity index (χ1) is 9.20. The summed E-state index contributed by atoms with van der Waals surface area (Å²) in [5.74, 6) is 0.0306. The fraction of sp³-hybridized carbons (Fsp3) is 0.533. The fourth-order valence-corrected chi connectivity index (χ4v) is 2.34. The molecule has 0 saturated carbocycles. The predicted octanol–water partition coefficient (Wildman–Crippen LogP) is 2.16. The molecule has 2 rings (SSSR count). The van der Waals surface area contributed by atoms with Crippen molar-refractivity contribution in [1.29, 1.82) is 0 Å². The minimum absolute atomic E-state index is 0.0185. The Hall–Kier alpha value is -1.39. The van der Waals surface area contributed by atoms with Crippen molar-refractivity contribution in [3.63, 3.8) is 0 Å². The van der Waals surface area contributed by atoms with Gasteiger partial charge in [0.25, 0.3) is 0 Å². The monoisotopic (exact) mass is 262 g/mol. The molecule has 0 bridgehead atoms. The summed E-state index contributed by atoms with van der Waals surface area (Å²) in [6.07, 6.45) is 0.828. The van der Waals surface area contributed by atoms with Crippen LogP contribution in [-0.2, 0) is 16.1 Å². The molecule has 4 nitrogen and oxygen atoms in total. The standard InChI is InChI=1S/C15H22N2O2/c1-3-16-10-12-5-4-6-13(9-12)17-15(18)14-7-8-19-11(14)2/h4-6,9,11,14,16H,3,7-8,10H2,1-2H3,(H,17,18). The summed E-state index contributed by atoms with van der Waals surface area (Å²) in [6, 6.07) is 7.96. The van der Waals surface area contributed by atoms with E-state index in [0.717, 1.165) is 25.2 Å². The molecular formula is C15H22N2O2. The van der Waals surface area contributed by atoms with Crippen molar-refractivity contribution >= 4 is 11.6 Å². The lowest BCUT2D eigenvalue weighted by molar-refractivity contribution is -0.121. The van der Waals surface area contributed by atoms with Crippen LogP contribution in [0, 0.1) is 5.92 Å². The Kier molecular flexibility index (Phi) is 4.93. The zero-order valence-electron chi connectivity index (χ0n) is 11.6. The van der Waals surface area contributed by atoms with E-state index in [0.29, 0.717) is 6.61 Å². The summed E-state index contributed by atoms with van der Waals surface area (Å²) in [4.78, 5) is 12.1. The highest BCUT2D eigenvalue weighted by atomic mass is 16.5. The second kappa shape index (κ2) is 6.68. The van der Waals surface area contributed by atoms with Gasteiger partial charge in [0.1, 0.15) is 0 Å². The molecule has 2 unspecified atom stereocenters. The highest BCUT2D eigenvalue weighted by molar-refractivity contribution is 5.93. The molecule has 0 radical (unpaired) electrons. The number of benzene rings is 1. The molecule has 0 aromatic heterocycles. The molecule has 1 saturated heterocycles. The largest absolute Gasteiger partial charge is 0.378 e. The minimum Gasteiger partial charge on any atom is -0.378 e. The van der Waals surface area contributed by atoms with E-state index in [4.69, 9.17) is 4.74 Å². The van der Waals surface area contributed by atoms with Crippen molar-refractivity contribution in [1.82, 2.24) is 5.32 Å². The van der Waals surface area contributed by atoms with Crippen LogP contribution >= 0.6 is 0 Å². The van der Waals surface area contributed by atoms with Crippen LogP contribution in [0.1, 0.15) is 25.8 Å². The first kappa shape index (κ1) is 14.0. The lowest BCUT2D eigenvalue weighted by Gasteiger charge is -2.14. The number of rotatable bonds is 5. The molecule has 2 N–H and O–H groups in total. The summed E-state index contributed by atoms with van der Waals surface area (Å²) in [7, 11) is 0. The van der Waals surface area contributed by atoms with Crippen LogP contribution in [0.4, 0.5) is 5.69 Å². The third kappa shape index (κ3) is 3.78. The molecule has 1 aromatic rings. The van der Waals surface area contributed by atoms with E-state index in [-0.39, 0.29) is 17.9 Å². The van der Waals surface area contributed by atoms with E-state index in [1.165, 1.54) is 5.56 Å². The first-order valence-corrected chi connectivity index (χ1v) is 6.93. The van der Waals surface area contributed by atoms with Crippen LogP contribution < -0.4 is 10.6 Å². The quantitative estimate of drug-likeness (QED) is 0.855. The van der Waals surface area contributed by atoms with Gasteiger partial charge in [-0.25, -0.2) is 0 Å². The maximum atomic E-state index is 12.1. The molecule has 1 aliphatic rings. The van der Waals surface area contributed by atoms with Crippen LogP contribution in [0.2, 0.25) is 0 Å². The summed E-state index contributed by atoms with van der Waals surface area (Å²) in [6.45, 7) is 6.47. The zero-order chi connectivity index (χ0) is 13.7. The maximum Gasteiger partial charge on any atom is 0.230 e. The number of carbonyl (C=O) groups excluding carboxylic acids is 1. The Morgan fingerprint density at radius 1 is 1.47 bits per heavy atom. The van der Waals surface area contributed by atoms with Crippen LogP contribution in [0.5, 0.6) is 0 Å². The van der Waals surface area contributed by atoms with Gasteiger partial charge in [-0.3, -0.25) is 4.79 Å². The van der Waals surface area contributed by atoms with Gasteiger partial charge in [0, 0.05) is 18.8 Å². The van der Waals surface area contributed by atoms with E-state index in [2.05, 4.69) is 23.6 Å². The molecule has 104 valence electrons. The number of ether oxygens (including phenoxy) is 1. The number of anilines is 1. The smallest absolute Gasteiger partial charge is 0.230 e. The van der Waals surface area contributed by atoms with Crippen LogP contribution in [0.3, 0.4) is 0 Å². The molecular weight excluding hydrogens is 240 g/mol. The van der Waals surface area contributed by atoms with Gasteiger partial charge >= 0.3 is 0 Å². The third-order valence-corrected chi connectivity index (χ3v) is 3.49. The van der Waals surface area contributed by atoms with Gasteiger partial charge in [0.05, 0.1) is 12.0 Å². The van der Waals surface area contributed by atoms with Gasteiger partial charge in [-0.05, 0) is 37.6 Å². The number of carbonyl (C=O) groups is 1. The number of nitrogens with one attached hydrogen (secondary N) is 2. The normalized spacial score (nSPS) is 22.4. The highest BCUT2D eigenvalue weighted by Crippen LogP contribution is 2.22. The average Bonchev–Trinajstić information content (AvgIpc) is 2.83. The first-order valence-electron chi connectivity index (χ1n) is 6.93. The zero-order valence-corrected chi connectivity index (χ0v) is 11.6. The van der Waals surface area contributed by atoms with Crippen molar-refractivity contribution in [2.75, 3.05) is 18.5 Å². The van der Waals surface area contributed by atoms with E-state index in [1.807, 2.05) is 25.1 Å². The average molecular weight is 262 g/mol. The van der Waals surface area contributed by atoms with E-state index in [1.54, 1.807) is 0 Å².